The first-order valence-electron chi connectivity index (χ1n) is 8.30. The van der Waals surface area contributed by atoms with Crippen LogP contribution in [0.2, 0.25) is 5.02 Å². The minimum Gasteiger partial charge on any atom is -0.342 e. The van der Waals surface area contributed by atoms with Crippen LogP contribution in [-0.2, 0) is 16.0 Å². The molecule has 2 amide bonds. The Balaban J connectivity index is 1.81. The summed E-state index contributed by atoms with van der Waals surface area (Å²) < 4.78 is 0. The highest BCUT2D eigenvalue weighted by Gasteiger charge is 2.28. The van der Waals surface area contributed by atoms with Crippen molar-refractivity contribution in [2.75, 3.05) is 26.2 Å². The maximum Gasteiger partial charge on any atom is 0.230 e. The van der Waals surface area contributed by atoms with Crippen molar-refractivity contribution in [1.82, 2.24) is 14.8 Å². The molecule has 0 bridgehead atoms. The lowest BCUT2D eigenvalue weighted by molar-refractivity contribution is -0.136. The highest BCUT2D eigenvalue weighted by Crippen LogP contribution is 2.25. The molecular formula is C19H20ClN3O2. The molecule has 0 aliphatic carbocycles. The fraction of sp³-hybridized carbons (Fsp3) is 0.316. The molecule has 1 aromatic carbocycles. The second-order valence-corrected chi connectivity index (χ2v) is 6.57. The minimum atomic E-state index is -0.276. The molecule has 0 N–H and O–H groups in total. The van der Waals surface area contributed by atoms with Gasteiger partial charge in [-0.3, -0.25) is 14.6 Å². The molecule has 2 aromatic rings. The van der Waals surface area contributed by atoms with Gasteiger partial charge >= 0.3 is 0 Å². The van der Waals surface area contributed by atoms with E-state index in [2.05, 4.69) is 4.98 Å². The van der Waals surface area contributed by atoms with Gasteiger partial charge in [-0.05, 0) is 41.8 Å². The Morgan fingerprint density at radius 1 is 1.08 bits per heavy atom. The normalized spacial score (nSPS) is 15.7. The molecule has 0 radical (unpaired) electrons. The first kappa shape index (κ1) is 17.4. The number of benzene rings is 1. The van der Waals surface area contributed by atoms with Gasteiger partial charge in [-0.25, -0.2) is 0 Å². The van der Waals surface area contributed by atoms with Crippen LogP contribution in [0.4, 0.5) is 0 Å². The van der Waals surface area contributed by atoms with Crippen LogP contribution in [0.5, 0.6) is 0 Å². The van der Waals surface area contributed by atoms with Crippen molar-refractivity contribution in [2.24, 2.45) is 0 Å². The van der Waals surface area contributed by atoms with Crippen molar-refractivity contribution in [1.29, 1.82) is 0 Å². The largest absolute Gasteiger partial charge is 0.342 e. The Morgan fingerprint density at radius 2 is 1.72 bits per heavy atom. The summed E-state index contributed by atoms with van der Waals surface area (Å²) in [4.78, 5) is 31.6. The van der Waals surface area contributed by atoms with Gasteiger partial charge in [-0.2, -0.15) is 0 Å². The van der Waals surface area contributed by atoms with Gasteiger partial charge in [-0.15, -0.1) is 0 Å². The maximum absolute atomic E-state index is 13.2. The lowest BCUT2D eigenvalue weighted by Gasteiger charge is -2.35. The Hall–Kier alpha value is -2.40. The van der Waals surface area contributed by atoms with Crippen molar-refractivity contribution < 1.29 is 9.59 Å². The molecule has 1 fully saturated rings. The van der Waals surface area contributed by atoms with Crippen LogP contribution in [0.25, 0.3) is 0 Å². The third-order valence-electron chi connectivity index (χ3n) is 4.53. The summed E-state index contributed by atoms with van der Waals surface area (Å²) >= 11 is 5.99. The molecule has 1 aliphatic rings. The van der Waals surface area contributed by atoms with Gasteiger partial charge < -0.3 is 9.80 Å². The van der Waals surface area contributed by atoms with Gasteiger partial charge in [0, 0.05) is 43.6 Å². The molecule has 25 heavy (non-hydrogen) atoms. The van der Waals surface area contributed by atoms with Crippen molar-refractivity contribution in [3.63, 3.8) is 0 Å². The smallest absolute Gasteiger partial charge is 0.230 e. The van der Waals surface area contributed by atoms with Crippen LogP contribution in [0.1, 0.15) is 17.0 Å². The van der Waals surface area contributed by atoms with Crippen molar-refractivity contribution in [3.8, 4) is 0 Å². The number of piperazine rings is 1. The van der Waals surface area contributed by atoms with Gasteiger partial charge in [0.1, 0.15) is 0 Å². The standard InChI is InChI=1S/C19H20ClN3O2/c20-17-3-1-16(2-4-17)18(13-15-5-7-21-8-6-15)19(25)23-11-9-22(14-24)10-12-23/h1-8,14,18H,9-13H2. The highest BCUT2D eigenvalue weighted by atomic mass is 35.5. The van der Waals surface area contributed by atoms with Crippen LogP contribution in [0.15, 0.2) is 48.8 Å². The molecule has 3 rings (SSSR count). The minimum absolute atomic E-state index is 0.0877. The van der Waals surface area contributed by atoms with Gasteiger partial charge in [0.05, 0.1) is 5.92 Å². The first-order chi connectivity index (χ1) is 12.2. The van der Waals surface area contributed by atoms with E-state index in [0.29, 0.717) is 37.6 Å². The number of carbonyl (C=O) groups excluding carboxylic acids is 2. The van der Waals surface area contributed by atoms with E-state index in [4.69, 9.17) is 11.6 Å². The third kappa shape index (κ3) is 4.37. The summed E-state index contributed by atoms with van der Waals surface area (Å²) in [5.74, 6) is -0.188. The lowest BCUT2D eigenvalue weighted by Crippen LogP contribution is -2.49. The summed E-state index contributed by atoms with van der Waals surface area (Å²) in [5.41, 5.74) is 2.01. The molecule has 130 valence electrons. The van der Waals surface area contributed by atoms with Crippen LogP contribution in [0.3, 0.4) is 0 Å². The number of pyridine rings is 1. The highest BCUT2D eigenvalue weighted by molar-refractivity contribution is 6.30. The molecule has 2 heterocycles. The second-order valence-electron chi connectivity index (χ2n) is 6.13. The predicted molar refractivity (Wildman–Crippen MR) is 96.4 cm³/mol. The molecule has 1 saturated heterocycles. The predicted octanol–water partition coefficient (Wildman–Crippen LogP) is 2.36. The average Bonchev–Trinajstić information content (AvgIpc) is 2.67. The molecule has 0 spiro atoms. The van der Waals surface area contributed by atoms with E-state index in [1.54, 1.807) is 17.3 Å². The Morgan fingerprint density at radius 3 is 2.32 bits per heavy atom. The third-order valence-corrected chi connectivity index (χ3v) is 4.79. The van der Waals surface area contributed by atoms with E-state index in [1.807, 2.05) is 41.3 Å². The summed E-state index contributed by atoms with van der Waals surface area (Å²) in [5, 5.41) is 0.651. The number of nitrogens with zero attached hydrogens (tertiary/aromatic N) is 3. The van der Waals surface area contributed by atoms with Crippen LogP contribution in [0, 0.1) is 0 Å². The Kier molecular flexibility index (Phi) is 5.66. The lowest BCUT2D eigenvalue weighted by atomic mass is 9.91. The summed E-state index contributed by atoms with van der Waals surface area (Å²) in [7, 11) is 0. The monoisotopic (exact) mass is 357 g/mol. The molecule has 1 atom stereocenters. The van der Waals surface area contributed by atoms with E-state index in [0.717, 1.165) is 17.5 Å². The fourth-order valence-corrected chi connectivity index (χ4v) is 3.19. The second kappa shape index (κ2) is 8.12. The number of hydrogen-bond acceptors (Lipinski definition) is 3. The van der Waals surface area contributed by atoms with E-state index >= 15 is 0 Å². The molecule has 1 aliphatic heterocycles. The number of halogens is 1. The fourth-order valence-electron chi connectivity index (χ4n) is 3.07. The average molecular weight is 358 g/mol. The van der Waals surface area contributed by atoms with Crippen LogP contribution in [-0.4, -0.2) is 53.3 Å². The number of amides is 2. The quantitative estimate of drug-likeness (QED) is 0.772. The van der Waals surface area contributed by atoms with Crippen molar-refractivity contribution in [2.45, 2.75) is 12.3 Å². The van der Waals surface area contributed by atoms with E-state index < -0.39 is 0 Å². The molecule has 0 saturated carbocycles. The summed E-state index contributed by atoms with van der Waals surface area (Å²) in [6, 6.07) is 11.3. The van der Waals surface area contributed by atoms with Crippen LogP contribution < -0.4 is 0 Å². The number of carbonyl (C=O) groups is 2. The van der Waals surface area contributed by atoms with E-state index in [9.17, 15) is 9.59 Å². The van der Waals surface area contributed by atoms with Gasteiger partial charge in [0.15, 0.2) is 0 Å². The summed E-state index contributed by atoms with van der Waals surface area (Å²) in [6.07, 6.45) is 4.93. The topological polar surface area (TPSA) is 53.5 Å². The Bertz CT molecular complexity index is 713. The molecule has 5 nitrogen and oxygen atoms in total. The number of hydrogen-bond donors (Lipinski definition) is 0. The van der Waals surface area contributed by atoms with Crippen LogP contribution >= 0.6 is 11.6 Å². The number of aromatic nitrogens is 1. The Labute approximate surface area is 152 Å². The van der Waals surface area contributed by atoms with Crippen molar-refractivity contribution >= 4 is 23.9 Å². The zero-order valence-electron chi connectivity index (χ0n) is 13.8. The van der Waals surface area contributed by atoms with Gasteiger partial charge in [0.25, 0.3) is 0 Å². The summed E-state index contributed by atoms with van der Waals surface area (Å²) in [6.45, 7) is 2.30. The van der Waals surface area contributed by atoms with Gasteiger partial charge in [-0.1, -0.05) is 23.7 Å². The molecule has 6 heteroatoms. The SMILES string of the molecule is O=CN1CCN(C(=O)C(Cc2ccncc2)c2ccc(Cl)cc2)CC1. The van der Waals surface area contributed by atoms with E-state index in [1.165, 1.54) is 0 Å². The van der Waals surface area contributed by atoms with Crippen molar-refractivity contribution in [3.05, 3.63) is 64.9 Å². The van der Waals surface area contributed by atoms with E-state index in [-0.39, 0.29) is 11.8 Å². The first-order valence-corrected chi connectivity index (χ1v) is 8.67. The number of rotatable bonds is 5. The molecule has 1 aromatic heterocycles. The zero-order chi connectivity index (χ0) is 17.6. The zero-order valence-corrected chi connectivity index (χ0v) is 14.6. The molecule has 1 unspecified atom stereocenters. The maximum atomic E-state index is 13.2. The molecular weight excluding hydrogens is 338 g/mol. The van der Waals surface area contributed by atoms with Gasteiger partial charge in [0.2, 0.25) is 12.3 Å².